The Bertz CT molecular complexity index is 1370. The molecule has 4 heteroatoms. The fourth-order valence-electron chi connectivity index (χ4n) is 3.71. The second-order valence-electron chi connectivity index (χ2n) is 7.35. The highest BCUT2D eigenvalue weighted by Gasteiger charge is 2.08. The minimum atomic E-state index is 0.556. The summed E-state index contributed by atoms with van der Waals surface area (Å²) in [6, 6.07) is 30.5. The third-order valence-electron chi connectivity index (χ3n) is 5.28. The molecule has 0 saturated heterocycles. The molecule has 1 heterocycles. The minimum absolute atomic E-state index is 0.556. The Kier molecular flexibility index (Phi) is 5.42. The van der Waals surface area contributed by atoms with Gasteiger partial charge in [0.25, 0.3) is 0 Å². The second-order valence-corrected chi connectivity index (χ2v) is 7.79. The Morgan fingerprint density at radius 2 is 1.58 bits per heavy atom. The van der Waals surface area contributed by atoms with Crippen molar-refractivity contribution in [3.8, 4) is 5.75 Å². The van der Waals surface area contributed by atoms with Gasteiger partial charge in [-0.25, -0.2) is 4.98 Å². The number of aromatic nitrogens is 2. The molecule has 0 fully saturated rings. The van der Waals surface area contributed by atoms with E-state index in [0.717, 1.165) is 33.2 Å². The van der Waals surface area contributed by atoms with Gasteiger partial charge < -0.3 is 9.30 Å². The van der Waals surface area contributed by atoms with Crippen molar-refractivity contribution in [1.29, 1.82) is 0 Å². The predicted molar refractivity (Wildman–Crippen MR) is 130 cm³/mol. The van der Waals surface area contributed by atoms with Crippen LogP contribution in [0.3, 0.4) is 0 Å². The van der Waals surface area contributed by atoms with E-state index in [1.165, 1.54) is 10.8 Å². The molecule has 0 atom stereocenters. The van der Waals surface area contributed by atoms with Crippen LogP contribution in [0.1, 0.15) is 11.4 Å². The lowest BCUT2D eigenvalue weighted by Crippen LogP contribution is -2.09. The molecule has 0 spiro atoms. The lowest BCUT2D eigenvalue weighted by atomic mass is 10.1. The number of benzene rings is 4. The number of rotatable bonds is 6. The van der Waals surface area contributed by atoms with E-state index < -0.39 is 0 Å². The zero-order valence-corrected chi connectivity index (χ0v) is 17.7. The van der Waals surface area contributed by atoms with Gasteiger partial charge in [0.1, 0.15) is 18.2 Å². The average molecular weight is 425 g/mol. The van der Waals surface area contributed by atoms with E-state index in [1.54, 1.807) is 0 Å². The zero-order chi connectivity index (χ0) is 21.0. The fraction of sp³-hybridized carbons (Fsp3) is 0.0741. The maximum absolute atomic E-state index is 6.08. The lowest BCUT2D eigenvalue weighted by Gasteiger charge is -2.10. The van der Waals surface area contributed by atoms with Crippen molar-refractivity contribution in [1.82, 2.24) is 9.55 Å². The van der Waals surface area contributed by atoms with Gasteiger partial charge in [0.05, 0.1) is 17.6 Å². The predicted octanol–water partition coefficient (Wildman–Crippen LogP) is 7.09. The summed E-state index contributed by atoms with van der Waals surface area (Å²) in [7, 11) is 0. The van der Waals surface area contributed by atoms with Gasteiger partial charge in [0.15, 0.2) is 0 Å². The Balaban J connectivity index is 1.37. The monoisotopic (exact) mass is 424 g/mol. The van der Waals surface area contributed by atoms with E-state index in [9.17, 15) is 0 Å². The van der Waals surface area contributed by atoms with Gasteiger partial charge in [-0.2, -0.15) is 0 Å². The van der Waals surface area contributed by atoms with Crippen molar-refractivity contribution in [3.63, 3.8) is 0 Å². The molecule has 0 amide bonds. The number of hydrogen-bond acceptors (Lipinski definition) is 2. The molecule has 3 nitrogen and oxygen atoms in total. The standard InChI is InChI=1S/C27H21ClN2O/c28-23-13-9-20(10-14-23)11-16-27-29-25-7-3-4-8-26(25)30(27)17-18-31-24-15-12-21-5-1-2-6-22(21)19-24/h1-16,19H,17-18H2/b16-11+. The highest BCUT2D eigenvalue weighted by Crippen LogP contribution is 2.22. The van der Waals surface area contributed by atoms with Gasteiger partial charge in [-0.05, 0) is 58.8 Å². The van der Waals surface area contributed by atoms with E-state index in [2.05, 4.69) is 41.0 Å². The van der Waals surface area contributed by atoms with Crippen molar-refractivity contribution in [2.24, 2.45) is 0 Å². The molecule has 0 aliphatic rings. The van der Waals surface area contributed by atoms with E-state index in [-0.39, 0.29) is 0 Å². The topological polar surface area (TPSA) is 27.1 Å². The Labute approximate surface area is 186 Å². The van der Waals surface area contributed by atoms with Crippen LogP contribution in [0.5, 0.6) is 5.75 Å². The Morgan fingerprint density at radius 1 is 0.806 bits per heavy atom. The van der Waals surface area contributed by atoms with Crippen LogP contribution in [-0.2, 0) is 6.54 Å². The number of para-hydroxylation sites is 2. The summed E-state index contributed by atoms with van der Waals surface area (Å²) < 4.78 is 8.28. The first-order valence-electron chi connectivity index (χ1n) is 10.3. The molecule has 5 aromatic rings. The molecule has 0 aliphatic heterocycles. The van der Waals surface area contributed by atoms with Crippen LogP contribution in [0.25, 0.3) is 34.0 Å². The first-order chi connectivity index (χ1) is 15.3. The van der Waals surface area contributed by atoms with Crippen molar-refractivity contribution >= 4 is 45.6 Å². The van der Waals surface area contributed by atoms with Crippen molar-refractivity contribution in [3.05, 3.63) is 107 Å². The summed E-state index contributed by atoms with van der Waals surface area (Å²) in [5.74, 6) is 1.78. The quantitative estimate of drug-likeness (QED) is 0.291. The molecule has 152 valence electrons. The number of halogens is 1. The zero-order valence-electron chi connectivity index (χ0n) is 16.9. The molecule has 0 radical (unpaired) electrons. The van der Waals surface area contributed by atoms with E-state index in [0.29, 0.717) is 13.2 Å². The molecule has 1 aromatic heterocycles. The SMILES string of the molecule is Clc1ccc(/C=C/c2nc3ccccc3n2CCOc2ccc3ccccc3c2)cc1. The largest absolute Gasteiger partial charge is 0.492 e. The smallest absolute Gasteiger partial charge is 0.133 e. The molecule has 0 saturated carbocycles. The summed E-state index contributed by atoms with van der Waals surface area (Å²) >= 11 is 5.99. The number of ether oxygens (including phenoxy) is 1. The van der Waals surface area contributed by atoms with Crippen LogP contribution in [0.15, 0.2) is 91.0 Å². The van der Waals surface area contributed by atoms with Gasteiger partial charge in [0, 0.05) is 5.02 Å². The van der Waals surface area contributed by atoms with Gasteiger partial charge in [0.2, 0.25) is 0 Å². The lowest BCUT2D eigenvalue weighted by molar-refractivity contribution is 0.300. The first kappa shape index (κ1) is 19.4. The molecular weight excluding hydrogens is 404 g/mol. The molecule has 0 unspecified atom stereocenters. The van der Waals surface area contributed by atoms with Crippen LogP contribution in [0.2, 0.25) is 5.02 Å². The summed E-state index contributed by atoms with van der Waals surface area (Å²) in [5, 5.41) is 3.12. The van der Waals surface area contributed by atoms with Gasteiger partial charge in [-0.15, -0.1) is 0 Å². The first-order valence-corrected chi connectivity index (χ1v) is 10.6. The van der Waals surface area contributed by atoms with Crippen LogP contribution in [-0.4, -0.2) is 16.2 Å². The van der Waals surface area contributed by atoms with E-state index in [1.807, 2.05) is 66.7 Å². The maximum atomic E-state index is 6.08. The summed E-state index contributed by atoms with van der Waals surface area (Å²) in [6.45, 7) is 1.26. The van der Waals surface area contributed by atoms with Gasteiger partial charge >= 0.3 is 0 Å². The highest BCUT2D eigenvalue weighted by molar-refractivity contribution is 6.30. The van der Waals surface area contributed by atoms with Crippen molar-refractivity contribution in [2.75, 3.05) is 6.61 Å². The molecule has 0 N–H and O–H groups in total. The molecule has 0 bridgehead atoms. The van der Waals surface area contributed by atoms with E-state index >= 15 is 0 Å². The van der Waals surface area contributed by atoms with Crippen molar-refractivity contribution in [2.45, 2.75) is 6.54 Å². The number of fused-ring (bicyclic) bond motifs is 2. The third-order valence-corrected chi connectivity index (χ3v) is 5.54. The van der Waals surface area contributed by atoms with Crippen LogP contribution < -0.4 is 4.74 Å². The average Bonchev–Trinajstić information content (AvgIpc) is 3.16. The Hall–Kier alpha value is -3.56. The highest BCUT2D eigenvalue weighted by atomic mass is 35.5. The molecule has 31 heavy (non-hydrogen) atoms. The summed E-state index contributed by atoms with van der Waals surface area (Å²) in [4.78, 5) is 4.81. The number of nitrogens with zero attached hydrogens (tertiary/aromatic N) is 2. The van der Waals surface area contributed by atoms with Crippen LogP contribution in [0.4, 0.5) is 0 Å². The van der Waals surface area contributed by atoms with Gasteiger partial charge in [-0.3, -0.25) is 0 Å². The summed E-state index contributed by atoms with van der Waals surface area (Å²) in [6.07, 6.45) is 4.09. The number of hydrogen-bond donors (Lipinski definition) is 0. The maximum Gasteiger partial charge on any atom is 0.133 e. The normalized spacial score (nSPS) is 11.5. The Morgan fingerprint density at radius 3 is 2.45 bits per heavy atom. The van der Waals surface area contributed by atoms with E-state index in [4.69, 9.17) is 21.3 Å². The molecule has 0 aliphatic carbocycles. The van der Waals surface area contributed by atoms with Crippen LogP contribution in [0, 0.1) is 0 Å². The third kappa shape index (κ3) is 4.32. The van der Waals surface area contributed by atoms with Crippen LogP contribution >= 0.6 is 11.6 Å². The van der Waals surface area contributed by atoms with Crippen molar-refractivity contribution < 1.29 is 4.74 Å². The fourth-order valence-corrected chi connectivity index (χ4v) is 3.84. The molecule has 5 rings (SSSR count). The molecule has 4 aromatic carbocycles. The summed E-state index contributed by atoms with van der Waals surface area (Å²) in [5.41, 5.74) is 3.15. The molecular formula is C27H21ClN2O. The second kappa shape index (κ2) is 8.66. The number of imidazole rings is 1. The van der Waals surface area contributed by atoms with Gasteiger partial charge in [-0.1, -0.05) is 72.3 Å². The minimum Gasteiger partial charge on any atom is -0.492 e.